The van der Waals surface area contributed by atoms with Gasteiger partial charge in [0.2, 0.25) is 11.8 Å². The third-order valence-corrected chi connectivity index (χ3v) is 6.12. The lowest BCUT2D eigenvalue weighted by molar-refractivity contribution is -0.142. The average Bonchev–Trinajstić information content (AvgIpc) is 3.13. The highest BCUT2D eigenvalue weighted by molar-refractivity contribution is 7.10. The van der Waals surface area contributed by atoms with Crippen molar-refractivity contribution in [2.75, 3.05) is 19.7 Å². The Morgan fingerprint density at radius 1 is 1.14 bits per heavy atom. The molecule has 1 saturated carbocycles. The van der Waals surface area contributed by atoms with Crippen molar-refractivity contribution in [1.82, 2.24) is 9.80 Å². The van der Waals surface area contributed by atoms with Gasteiger partial charge in [0.1, 0.15) is 12.3 Å². The van der Waals surface area contributed by atoms with Gasteiger partial charge in [-0.05, 0) is 49.3 Å². The summed E-state index contributed by atoms with van der Waals surface area (Å²) < 4.78 is 11.2. The predicted molar refractivity (Wildman–Crippen MR) is 106 cm³/mol. The van der Waals surface area contributed by atoms with E-state index >= 15 is 0 Å². The van der Waals surface area contributed by atoms with Gasteiger partial charge >= 0.3 is 0 Å². The molecule has 2 fully saturated rings. The third kappa shape index (κ3) is 5.02. The fourth-order valence-corrected chi connectivity index (χ4v) is 4.29. The van der Waals surface area contributed by atoms with Crippen LogP contribution in [0.1, 0.15) is 36.3 Å². The SMILES string of the molecule is O=C(CN(C(=O)Cc1cccs1)C1CC1)N(Cc1ccco1)C[C@H]1CCCO1. The number of carbonyl (C=O) groups is 2. The minimum Gasteiger partial charge on any atom is -0.467 e. The Bertz CT molecular complexity index is 764. The molecule has 1 aliphatic carbocycles. The number of ether oxygens (including phenoxy) is 1. The van der Waals surface area contributed by atoms with E-state index in [9.17, 15) is 9.59 Å². The van der Waals surface area contributed by atoms with E-state index in [4.69, 9.17) is 9.15 Å². The minimum absolute atomic E-state index is 0.0355. The fraction of sp³-hybridized carbons (Fsp3) is 0.524. The molecule has 0 spiro atoms. The molecule has 2 aliphatic rings. The van der Waals surface area contributed by atoms with Crippen molar-refractivity contribution in [3.8, 4) is 0 Å². The molecule has 1 aliphatic heterocycles. The van der Waals surface area contributed by atoms with Crippen LogP contribution in [0.25, 0.3) is 0 Å². The van der Waals surface area contributed by atoms with E-state index in [1.54, 1.807) is 27.4 Å². The van der Waals surface area contributed by atoms with Crippen LogP contribution in [0.2, 0.25) is 0 Å². The molecule has 1 saturated heterocycles. The van der Waals surface area contributed by atoms with Gasteiger partial charge in [0.05, 0.1) is 25.3 Å². The second-order valence-electron chi connectivity index (χ2n) is 7.50. The number of hydrogen-bond acceptors (Lipinski definition) is 5. The van der Waals surface area contributed by atoms with Gasteiger partial charge in [0, 0.05) is 24.1 Å². The molecule has 6 nitrogen and oxygen atoms in total. The summed E-state index contributed by atoms with van der Waals surface area (Å²) in [7, 11) is 0. The highest BCUT2D eigenvalue weighted by Gasteiger charge is 2.35. The van der Waals surface area contributed by atoms with Crippen LogP contribution in [0.3, 0.4) is 0 Å². The molecular formula is C21H26N2O4S. The summed E-state index contributed by atoms with van der Waals surface area (Å²) in [5.41, 5.74) is 0. The Kier molecular flexibility index (Phi) is 6.12. The summed E-state index contributed by atoms with van der Waals surface area (Å²) in [5.74, 6) is 0.737. The van der Waals surface area contributed by atoms with Crippen LogP contribution in [0.5, 0.6) is 0 Å². The number of thiophene rings is 1. The van der Waals surface area contributed by atoms with Gasteiger partial charge < -0.3 is 19.0 Å². The van der Waals surface area contributed by atoms with Gasteiger partial charge in [0.25, 0.3) is 0 Å². The van der Waals surface area contributed by atoms with E-state index in [-0.39, 0.29) is 30.5 Å². The lowest BCUT2D eigenvalue weighted by atomic mass is 10.2. The van der Waals surface area contributed by atoms with Crippen LogP contribution in [-0.2, 0) is 27.3 Å². The Morgan fingerprint density at radius 2 is 2.04 bits per heavy atom. The number of hydrogen-bond donors (Lipinski definition) is 0. The first kappa shape index (κ1) is 19.2. The molecule has 0 bridgehead atoms. The van der Waals surface area contributed by atoms with Gasteiger partial charge in [-0.3, -0.25) is 9.59 Å². The Balaban J connectivity index is 1.42. The second-order valence-corrected chi connectivity index (χ2v) is 8.53. The molecule has 7 heteroatoms. The lowest BCUT2D eigenvalue weighted by Crippen LogP contribution is -2.46. The lowest BCUT2D eigenvalue weighted by Gasteiger charge is -2.28. The molecule has 0 aromatic carbocycles. The maximum absolute atomic E-state index is 13.1. The Hall–Kier alpha value is -2.12. The molecule has 0 N–H and O–H groups in total. The fourth-order valence-electron chi connectivity index (χ4n) is 3.60. The van der Waals surface area contributed by atoms with Gasteiger partial charge in [-0.15, -0.1) is 11.3 Å². The van der Waals surface area contributed by atoms with E-state index in [1.807, 2.05) is 29.6 Å². The second kappa shape index (κ2) is 8.92. The number of nitrogens with zero attached hydrogens (tertiary/aromatic N) is 2. The molecule has 4 rings (SSSR count). The van der Waals surface area contributed by atoms with Crippen molar-refractivity contribution in [3.05, 3.63) is 46.5 Å². The van der Waals surface area contributed by atoms with Crippen LogP contribution in [0, 0.1) is 0 Å². The Labute approximate surface area is 169 Å². The molecule has 0 radical (unpaired) electrons. The molecule has 0 unspecified atom stereocenters. The van der Waals surface area contributed by atoms with Crippen molar-refractivity contribution in [2.24, 2.45) is 0 Å². The normalized spacial score (nSPS) is 18.9. The summed E-state index contributed by atoms with van der Waals surface area (Å²) in [6.45, 7) is 1.82. The molecular weight excluding hydrogens is 376 g/mol. The summed E-state index contributed by atoms with van der Waals surface area (Å²) >= 11 is 1.58. The standard InChI is InChI=1S/C21H26N2O4S/c24-20(12-19-6-3-11-28-19)23(16-7-8-16)15-21(25)22(13-17-4-1-9-26-17)14-18-5-2-10-27-18/h1,3-4,6,9,11,16,18H,2,5,7-8,10,12-15H2/t18-/m1/s1. The molecule has 2 aromatic heterocycles. The van der Waals surface area contributed by atoms with E-state index in [2.05, 4.69) is 0 Å². The van der Waals surface area contributed by atoms with Gasteiger partial charge in [-0.1, -0.05) is 6.07 Å². The van der Waals surface area contributed by atoms with Crippen molar-refractivity contribution in [1.29, 1.82) is 0 Å². The number of furan rings is 1. The van der Waals surface area contributed by atoms with E-state index < -0.39 is 0 Å². The monoisotopic (exact) mass is 402 g/mol. The third-order valence-electron chi connectivity index (χ3n) is 5.25. The smallest absolute Gasteiger partial charge is 0.242 e. The van der Waals surface area contributed by atoms with Gasteiger partial charge in [-0.2, -0.15) is 0 Å². The number of carbonyl (C=O) groups excluding carboxylic acids is 2. The summed E-state index contributed by atoms with van der Waals surface area (Å²) in [5, 5.41) is 1.97. The maximum Gasteiger partial charge on any atom is 0.242 e. The van der Waals surface area contributed by atoms with Gasteiger partial charge in [-0.25, -0.2) is 0 Å². The topological polar surface area (TPSA) is 63.0 Å². The highest BCUT2D eigenvalue weighted by atomic mass is 32.1. The zero-order chi connectivity index (χ0) is 19.3. The largest absolute Gasteiger partial charge is 0.467 e. The summed E-state index contributed by atoms with van der Waals surface area (Å²) in [6.07, 6.45) is 6.00. The first-order valence-electron chi connectivity index (χ1n) is 9.92. The Morgan fingerprint density at radius 3 is 2.68 bits per heavy atom. The first-order chi connectivity index (χ1) is 13.7. The van der Waals surface area contributed by atoms with Crippen LogP contribution in [-0.4, -0.2) is 53.5 Å². The van der Waals surface area contributed by atoms with E-state index in [1.165, 1.54) is 0 Å². The van der Waals surface area contributed by atoms with Crippen LogP contribution in [0.15, 0.2) is 40.3 Å². The van der Waals surface area contributed by atoms with Crippen molar-refractivity contribution in [3.63, 3.8) is 0 Å². The minimum atomic E-state index is -0.0432. The summed E-state index contributed by atoms with van der Waals surface area (Å²) in [4.78, 5) is 30.6. The average molecular weight is 403 g/mol. The van der Waals surface area contributed by atoms with Crippen LogP contribution in [0.4, 0.5) is 0 Å². The van der Waals surface area contributed by atoms with E-state index in [0.29, 0.717) is 19.5 Å². The van der Waals surface area contributed by atoms with Crippen molar-refractivity contribution in [2.45, 2.75) is 50.8 Å². The van der Waals surface area contributed by atoms with Gasteiger partial charge in [0.15, 0.2) is 0 Å². The molecule has 1 atom stereocenters. The van der Waals surface area contributed by atoms with Crippen LogP contribution >= 0.6 is 11.3 Å². The van der Waals surface area contributed by atoms with Crippen molar-refractivity contribution < 1.29 is 18.7 Å². The molecule has 150 valence electrons. The number of rotatable bonds is 9. The van der Waals surface area contributed by atoms with E-state index in [0.717, 1.165) is 42.9 Å². The zero-order valence-corrected chi connectivity index (χ0v) is 16.7. The summed E-state index contributed by atoms with van der Waals surface area (Å²) in [6, 6.07) is 7.81. The first-order valence-corrected chi connectivity index (χ1v) is 10.8. The molecule has 2 aromatic rings. The molecule has 3 heterocycles. The molecule has 28 heavy (non-hydrogen) atoms. The highest BCUT2D eigenvalue weighted by Crippen LogP contribution is 2.28. The predicted octanol–water partition coefficient (Wildman–Crippen LogP) is 3.08. The zero-order valence-electron chi connectivity index (χ0n) is 15.9. The number of amides is 2. The quantitative estimate of drug-likeness (QED) is 0.647. The van der Waals surface area contributed by atoms with Crippen molar-refractivity contribution >= 4 is 23.2 Å². The molecule has 2 amide bonds. The maximum atomic E-state index is 13.1. The van der Waals surface area contributed by atoms with Crippen LogP contribution < -0.4 is 0 Å².